The van der Waals surface area contributed by atoms with Crippen LogP contribution in [0.5, 0.6) is 11.5 Å². The molecule has 10 heteroatoms. The van der Waals surface area contributed by atoms with Gasteiger partial charge in [0.15, 0.2) is 5.96 Å². The van der Waals surface area contributed by atoms with E-state index in [2.05, 4.69) is 25.5 Å². The van der Waals surface area contributed by atoms with Crippen LogP contribution in [-0.2, 0) is 20.1 Å². The van der Waals surface area contributed by atoms with Crippen LogP contribution in [0, 0.1) is 0 Å². The first-order valence-corrected chi connectivity index (χ1v) is 8.14. The van der Waals surface area contributed by atoms with E-state index in [1.807, 2.05) is 20.0 Å². The molecule has 2 aromatic rings. The van der Waals surface area contributed by atoms with Crippen LogP contribution in [0.2, 0.25) is 0 Å². The number of aromatic nitrogens is 2. The number of rotatable bonds is 8. The Labute approximate surface area is 174 Å². The summed E-state index contributed by atoms with van der Waals surface area (Å²) in [5.41, 5.74) is 1.52. The highest BCUT2D eigenvalue weighted by molar-refractivity contribution is 14.0. The normalized spacial score (nSPS) is 11.1. The van der Waals surface area contributed by atoms with Crippen LogP contribution in [0.25, 0.3) is 0 Å². The van der Waals surface area contributed by atoms with E-state index < -0.39 is 6.61 Å². The number of benzene rings is 1. The second-order valence-electron chi connectivity index (χ2n) is 5.35. The van der Waals surface area contributed by atoms with Crippen molar-refractivity contribution in [3.05, 3.63) is 41.7 Å². The minimum absolute atomic E-state index is 0. The number of guanidine groups is 1. The number of aliphatic imine (C=N–C) groups is 1. The third-order valence-electron chi connectivity index (χ3n) is 3.60. The first-order valence-electron chi connectivity index (χ1n) is 8.14. The minimum atomic E-state index is -2.92. The highest BCUT2D eigenvalue weighted by Crippen LogP contribution is 2.27. The summed E-state index contributed by atoms with van der Waals surface area (Å²) in [5.74, 6) is 1.05. The average molecular weight is 495 g/mol. The number of methoxy groups -OCH3 is 1. The molecule has 0 fully saturated rings. The molecule has 0 saturated carbocycles. The SMILES string of the molecule is CCNC(=NCc1ccc(OC)cc1OC(F)F)NCc1ccnn1C.I. The van der Waals surface area contributed by atoms with Crippen LogP contribution >= 0.6 is 24.0 Å². The molecule has 150 valence electrons. The number of halogens is 3. The molecule has 7 nitrogen and oxygen atoms in total. The number of nitrogens with one attached hydrogen (secondary N) is 2. The Morgan fingerprint density at radius 3 is 2.67 bits per heavy atom. The van der Waals surface area contributed by atoms with Crippen LogP contribution in [0.1, 0.15) is 18.2 Å². The van der Waals surface area contributed by atoms with Gasteiger partial charge in [-0.25, -0.2) is 4.99 Å². The molecule has 1 heterocycles. The molecule has 27 heavy (non-hydrogen) atoms. The summed E-state index contributed by atoms with van der Waals surface area (Å²) in [6.07, 6.45) is 1.71. The molecule has 0 amide bonds. The molecule has 2 rings (SSSR count). The highest BCUT2D eigenvalue weighted by atomic mass is 127. The lowest BCUT2D eigenvalue weighted by Crippen LogP contribution is -2.37. The molecule has 0 atom stereocenters. The van der Waals surface area contributed by atoms with Gasteiger partial charge in [-0.05, 0) is 25.1 Å². The Kier molecular flexibility index (Phi) is 9.83. The Bertz CT molecular complexity index is 740. The molecule has 0 saturated heterocycles. The summed E-state index contributed by atoms with van der Waals surface area (Å²) in [5, 5.41) is 10.4. The van der Waals surface area contributed by atoms with Crippen molar-refractivity contribution in [2.75, 3.05) is 13.7 Å². The van der Waals surface area contributed by atoms with Gasteiger partial charge in [0.1, 0.15) is 11.5 Å². The molecule has 0 aliphatic heterocycles. The first kappa shape index (κ1) is 22.9. The molecule has 0 radical (unpaired) electrons. The van der Waals surface area contributed by atoms with Gasteiger partial charge in [-0.15, -0.1) is 24.0 Å². The van der Waals surface area contributed by atoms with Crippen LogP contribution in [0.4, 0.5) is 8.78 Å². The number of aryl methyl sites for hydroxylation is 1. The Balaban J connectivity index is 0.00000364. The summed E-state index contributed by atoms with van der Waals surface area (Å²) in [4.78, 5) is 4.44. The lowest BCUT2D eigenvalue weighted by molar-refractivity contribution is -0.0505. The topological polar surface area (TPSA) is 72.7 Å². The van der Waals surface area contributed by atoms with Gasteiger partial charge in [-0.2, -0.15) is 13.9 Å². The van der Waals surface area contributed by atoms with Gasteiger partial charge >= 0.3 is 6.61 Å². The molecule has 0 spiro atoms. The number of alkyl halides is 2. The Morgan fingerprint density at radius 2 is 2.07 bits per heavy atom. The highest BCUT2D eigenvalue weighted by Gasteiger charge is 2.11. The molecule has 0 bridgehead atoms. The van der Waals surface area contributed by atoms with Crippen LogP contribution in [-0.4, -0.2) is 36.0 Å². The lowest BCUT2D eigenvalue weighted by atomic mass is 10.2. The van der Waals surface area contributed by atoms with Crippen molar-refractivity contribution in [2.24, 2.45) is 12.0 Å². The quantitative estimate of drug-likeness (QED) is 0.335. The van der Waals surface area contributed by atoms with Crippen molar-refractivity contribution < 1.29 is 18.3 Å². The van der Waals surface area contributed by atoms with E-state index in [-0.39, 0.29) is 36.3 Å². The van der Waals surface area contributed by atoms with Gasteiger partial charge in [-0.3, -0.25) is 4.68 Å². The maximum atomic E-state index is 12.6. The predicted molar refractivity (Wildman–Crippen MR) is 110 cm³/mol. The van der Waals surface area contributed by atoms with Crippen molar-refractivity contribution in [2.45, 2.75) is 26.6 Å². The van der Waals surface area contributed by atoms with Crippen molar-refractivity contribution in [3.8, 4) is 11.5 Å². The standard InChI is InChI=1S/C17H23F2N5O2.HI/c1-4-20-17(22-11-13-7-8-23-24(13)2)21-10-12-5-6-14(25-3)9-15(12)26-16(18)19;/h5-9,16H,4,10-11H2,1-3H3,(H2,20,21,22);1H. The van der Waals surface area contributed by atoms with Crippen molar-refractivity contribution in [3.63, 3.8) is 0 Å². The van der Waals surface area contributed by atoms with Gasteiger partial charge in [0.25, 0.3) is 0 Å². The van der Waals surface area contributed by atoms with Gasteiger partial charge in [0, 0.05) is 31.4 Å². The van der Waals surface area contributed by atoms with Crippen LogP contribution in [0.3, 0.4) is 0 Å². The van der Waals surface area contributed by atoms with Crippen LogP contribution in [0.15, 0.2) is 35.5 Å². The smallest absolute Gasteiger partial charge is 0.387 e. The zero-order valence-electron chi connectivity index (χ0n) is 15.4. The van der Waals surface area contributed by atoms with Gasteiger partial charge in [-0.1, -0.05) is 0 Å². The van der Waals surface area contributed by atoms with Gasteiger partial charge in [0.2, 0.25) is 0 Å². The maximum Gasteiger partial charge on any atom is 0.387 e. The fourth-order valence-electron chi connectivity index (χ4n) is 2.25. The van der Waals surface area contributed by atoms with Crippen LogP contribution < -0.4 is 20.1 Å². The number of nitrogens with zero attached hydrogens (tertiary/aromatic N) is 3. The van der Waals surface area contributed by atoms with Gasteiger partial charge in [0.05, 0.1) is 25.9 Å². The molecule has 0 aliphatic carbocycles. The second kappa shape index (κ2) is 11.6. The van der Waals surface area contributed by atoms with Crippen molar-refractivity contribution in [1.82, 2.24) is 20.4 Å². The Morgan fingerprint density at radius 1 is 1.30 bits per heavy atom. The van der Waals surface area contributed by atoms with Crippen molar-refractivity contribution >= 4 is 29.9 Å². The predicted octanol–water partition coefficient (Wildman–Crippen LogP) is 2.90. The fraction of sp³-hybridized carbons (Fsp3) is 0.412. The van der Waals surface area contributed by atoms with E-state index in [9.17, 15) is 8.78 Å². The third kappa shape index (κ3) is 7.19. The number of hydrogen-bond donors (Lipinski definition) is 2. The fourth-order valence-corrected chi connectivity index (χ4v) is 2.25. The molecule has 0 unspecified atom stereocenters. The lowest BCUT2D eigenvalue weighted by Gasteiger charge is -2.13. The van der Waals surface area contributed by atoms with E-state index in [4.69, 9.17) is 4.74 Å². The van der Waals surface area contributed by atoms with Crippen molar-refractivity contribution in [1.29, 1.82) is 0 Å². The first-order chi connectivity index (χ1) is 12.5. The molecular formula is C17H24F2IN5O2. The number of ether oxygens (including phenoxy) is 2. The molecule has 0 aliphatic rings. The second-order valence-corrected chi connectivity index (χ2v) is 5.35. The zero-order chi connectivity index (χ0) is 18.9. The number of hydrogen-bond acceptors (Lipinski definition) is 4. The van der Waals surface area contributed by atoms with E-state index in [1.54, 1.807) is 23.0 Å². The minimum Gasteiger partial charge on any atom is -0.497 e. The summed E-state index contributed by atoms with van der Waals surface area (Å²) in [6, 6.07) is 6.66. The summed E-state index contributed by atoms with van der Waals surface area (Å²) in [6.45, 7) is 0.402. The molecular weight excluding hydrogens is 471 g/mol. The molecule has 2 N–H and O–H groups in total. The average Bonchev–Trinajstić information content (AvgIpc) is 3.02. The van der Waals surface area contributed by atoms with E-state index in [0.29, 0.717) is 30.4 Å². The maximum absolute atomic E-state index is 12.6. The van der Waals surface area contributed by atoms with E-state index in [1.165, 1.54) is 13.2 Å². The zero-order valence-corrected chi connectivity index (χ0v) is 17.7. The summed E-state index contributed by atoms with van der Waals surface area (Å²) >= 11 is 0. The largest absolute Gasteiger partial charge is 0.497 e. The molecule has 1 aromatic carbocycles. The monoisotopic (exact) mass is 495 g/mol. The third-order valence-corrected chi connectivity index (χ3v) is 3.60. The Hall–Kier alpha value is -2.11. The molecule has 1 aromatic heterocycles. The summed E-state index contributed by atoms with van der Waals surface area (Å²) < 4.78 is 36.7. The van der Waals surface area contributed by atoms with Gasteiger partial charge < -0.3 is 20.1 Å². The van der Waals surface area contributed by atoms with E-state index >= 15 is 0 Å². The summed E-state index contributed by atoms with van der Waals surface area (Å²) in [7, 11) is 3.32. The van der Waals surface area contributed by atoms with E-state index in [0.717, 1.165) is 5.69 Å².